The van der Waals surface area contributed by atoms with Gasteiger partial charge in [0.1, 0.15) is 0 Å². The van der Waals surface area contributed by atoms with Crippen molar-refractivity contribution < 1.29 is 0 Å². The van der Waals surface area contributed by atoms with Gasteiger partial charge in [0, 0.05) is 18.1 Å². The molecule has 0 atom stereocenters. The summed E-state index contributed by atoms with van der Waals surface area (Å²) in [7, 11) is 0. The van der Waals surface area contributed by atoms with Crippen LogP contribution in [0.5, 0.6) is 0 Å². The molecule has 0 saturated heterocycles. The van der Waals surface area contributed by atoms with Gasteiger partial charge in [-0.2, -0.15) is 0 Å². The van der Waals surface area contributed by atoms with Crippen LogP contribution in [0.1, 0.15) is 18.9 Å². The number of para-hydroxylation sites is 2. The number of hydrogen-bond donors (Lipinski definition) is 1. The molecule has 0 spiro atoms. The number of hydrogen-bond acceptors (Lipinski definition) is 2. The largest absolute Gasteiger partial charge is 0.397 e. The van der Waals surface area contributed by atoms with Gasteiger partial charge in [-0.3, -0.25) is 0 Å². The quantitative estimate of drug-likeness (QED) is 0.822. The highest BCUT2D eigenvalue weighted by atomic mass is 35.5. The molecule has 19 heavy (non-hydrogen) atoms. The Morgan fingerprint density at radius 2 is 1.74 bits per heavy atom. The van der Waals surface area contributed by atoms with Gasteiger partial charge in [-0.25, -0.2) is 0 Å². The SMILES string of the molecule is CCCN(Cc1ccccc1Cl)c1ccccc1N. The van der Waals surface area contributed by atoms with E-state index in [1.54, 1.807) is 0 Å². The van der Waals surface area contributed by atoms with E-state index in [0.29, 0.717) is 0 Å². The van der Waals surface area contributed by atoms with Gasteiger partial charge in [-0.1, -0.05) is 48.9 Å². The van der Waals surface area contributed by atoms with E-state index in [-0.39, 0.29) is 0 Å². The standard InChI is InChI=1S/C16H19ClN2/c1-2-11-19(16-10-6-5-9-15(16)18)12-13-7-3-4-8-14(13)17/h3-10H,2,11-12,18H2,1H3. The molecule has 0 unspecified atom stereocenters. The number of nitrogens with zero attached hydrogens (tertiary/aromatic N) is 1. The van der Waals surface area contributed by atoms with Crippen LogP contribution >= 0.6 is 11.6 Å². The summed E-state index contributed by atoms with van der Waals surface area (Å²) in [5.41, 5.74) is 9.08. The first-order chi connectivity index (χ1) is 9.22. The Labute approximate surface area is 119 Å². The van der Waals surface area contributed by atoms with E-state index in [4.69, 9.17) is 17.3 Å². The summed E-state index contributed by atoms with van der Waals surface area (Å²) in [4.78, 5) is 2.27. The second kappa shape index (κ2) is 6.48. The van der Waals surface area contributed by atoms with Crippen molar-refractivity contribution >= 4 is 23.0 Å². The maximum Gasteiger partial charge on any atom is 0.0602 e. The van der Waals surface area contributed by atoms with Gasteiger partial charge in [0.05, 0.1) is 11.4 Å². The molecule has 2 aromatic carbocycles. The molecule has 0 aliphatic heterocycles. The zero-order chi connectivity index (χ0) is 13.7. The predicted octanol–water partition coefficient (Wildman–Crippen LogP) is 4.34. The van der Waals surface area contributed by atoms with Crippen molar-refractivity contribution in [1.82, 2.24) is 0 Å². The summed E-state index contributed by atoms with van der Waals surface area (Å²) < 4.78 is 0. The number of benzene rings is 2. The molecule has 2 rings (SSSR count). The minimum Gasteiger partial charge on any atom is -0.397 e. The molecule has 0 fully saturated rings. The molecular weight excluding hydrogens is 256 g/mol. The average molecular weight is 275 g/mol. The minimum atomic E-state index is 0.779. The molecule has 2 nitrogen and oxygen atoms in total. The summed E-state index contributed by atoms with van der Waals surface area (Å²) in [6, 6.07) is 15.9. The number of anilines is 2. The molecule has 0 bridgehead atoms. The van der Waals surface area contributed by atoms with Gasteiger partial charge >= 0.3 is 0 Å². The average Bonchev–Trinajstić information content (AvgIpc) is 2.41. The van der Waals surface area contributed by atoms with Crippen LogP contribution < -0.4 is 10.6 Å². The number of rotatable bonds is 5. The van der Waals surface area contributed by atoms with Gasteiger partial charge < -0.3 is 10.6 Å². The lowest BCUT2D eigenvalue weighted by atomic mass is 10.1. The number of nitrogens with two attached hydrogens (primary N) is 1. The Hall–Kier alpha value is -1.67. The lowest BCUT2D eigenvalue weighted by molar-refractivity contribution is 0.768. The molecule has 2 N–H and O–H groups in total. The third-order valence-corrected chi connectivity index (χ3v) is 3.46. The van der Waals surface area contributed by atoms with Crippen molar-refractivity contribution in [3.63, 3.8) is 0 Å². The fourth-order valence-electron chi connectivity index (χ4n) is 2.16. The van der Waals surface area contributed by atoms with E-state index in [0.717, 1.165) is 41.5 Å². The summed E-state index contributed by atoms with van der Waals surface area (Å²) >= 11 is 6.24. The number of nitrogen functional groups attached to an aromatic ring is 1. The van der Waals surface area contributed by atoms with Crippen LogP contribution in [-0.2, 0) is 6.54 Å². The first-order valence-corrected chi connectivity index (χ1v) is 6.93. The monoisotopic (exact) mass is 274 g/mol. The first-order valence-electron chi connectivity index (χ1n) is 6.55. The highest BCUT2D eigenvalue weighted by Crippen LogP contribution is 2.26. The topological polar surface area (TPSA) is 29.3 Å². The molecule has 0 heterocycles. The van der Waals surface area contributed by atoms with E-state index < -0.39 is 0 Å². The van der Waals surface area contributed by atoms with Crippen LogP contribution in [0.25, 0.3) is 0 Å². The van der Waals surface area contributed by atoms with Crippen LogP contribution in [0.4, 0.5) is 11.4 Å². The second-order valence-electron chi connectivity index (χ2n) is 4.57. The highest BCUT2D eigenvalue weighted by molar-refractivity contribution is 6.31. The van der Waals surface area contributed by atoms with Crippen molar-refractivity contribution in [2.75, 3.05) is 17.2 Å². The van der Waals surface area contributed by atoms with Crippen LogP contribution in [0.2, 0.25) is 5.02 Å². The van der Waals surface area contributed by atoms with E-state index in [9.17, 15) is 0 Å². The van der Waals surface area contributed by atoms with Crippen molar-refractivity contribution in [1.29, 1.82) is 0 Å². The molecule has 0 aliphatic rings. The highest BCUT2D eigenvalue weighted by Gasteiger charge is 2.10. The lowest BCUT2D eigenvalue weighted by Crippen LogP contribution is -2.24. The molecule has 0 saturated carbocycles. The van der Waals surface area contributed by atoms with E-state index in [2.05, 4.69) is 24.0 Å². The van der Waals surface area contributed by atoms with E-state index >= 15 is 0 Å². The number of halogens is 1. The molecule has 3 heteroatoms. The third-order valence-electron chi connectivity index (χ3n) is 3.09. The van der Waals surface area contributed by atoms with Crippen molar-refractivity contribution in [3.05, 3.63) is 59.1 Å². The Morgan fingerprint density at radius 3 is 2.42 bits per heavy atom. The van der Waals surface area contributed by atoms with Crippen molar-refractivity contribution in [2.24, 2.45) is 0 Å². The van der Waals surface area contributed by atoms with Crippen molar-refractivity contribution in [2.45, 2.75) is 19.9 Å². The summed E-state index contributed by atoms with van der Waals surface area (Å²) in [6.45, 7) is 3.90. The maximum absolute atomic E-state index is 6.24. The molecule has 100 valence electrons. The van der Waals surface area contributed by atoms with Crippen LogP contribution in [0.3, 0.4) is 0 Å². The molecule has 0 aromatic heterocycles. The normalized spacial score (nSPS) is 10.4. The Morgan fingerprint density at radius 1 is 1.05 bits per heavy atom. The Bertz CT molecular complexity index is 540. The minimum absolute atomic E-state index is 0.779. The fourth-order valence-corrected chi connectivity index (χ4v) is 2.36. The van der Waals surface area contributed by atoms with Gasteiger partial charge in [-0.15, -0.1) is 0 Å². The molecule has 0 radical (unpaired) electrons. The van der Waals surface area contributed by atoms with Gasteiger partial charge in [0.2, 0.25) is 0 Å². The van der Waals surface area contributed by atoms with Crippen LogP contribution in [0.15, 0.2) is 48.5 Å². The fraction of sp³-hybridized carbons (Fsp3) is 0.250. The molecule has 0 amide bonds. The predicted molar refractivity (Wildman–Crippen MR) is 83.6 cm³/mol. The Balaban J connectivity index is 2.27. The molecule has 2 aromatic rings. The van der Waals surface area contributed by atoms with E-state index in [1.807, 2.05) is 36.4 Å². The smallest absolute Gasteiger partial charge is 0.0602 e. The lowest BCUT2D eigenvalue weighted by Gasteiger charge is -2.26. The maximum atomic E-state index is 6.24. The summed E-state index contributed by atoms with van der Waals surface area (Å²) in [5.74, 6) is 0. The Kier molecular flexibility index (Phi) is 4.69. The molecular formula is C16H19ClN2. The first kappa shape index (κ1) is 13.8. The molecule has 0 aliphatic carbocycles. The zero-order valence-electron chi connectivity index (χ0n) is 11.1. The summed E-state index contributed by atoms with van der Waals surface area (Å²) in [5, 5.41) is 0.804. The van der Waals surface area contributed by atoms with Gasteiger partial charge in [-0.05, 0) is 30.2 Å². The van der Waals surface area contributed by atoms with Crippen LogP contribution in [0, 0.1) is 0 Å². The van der Waals surface area contributed by atoms with Gasteiger partial charge in [0.25, 0.3) is 0 Å². The summed E-state index contributed by atoms with van der Waals surface area (Å²) in [6.07, 6.45) is 1.07. The zero-order valence-corrected chi connectivity index (χ0v) is 11.9. The van der Waals surface area contributed by atoms with Crippen LogP contribution in [-0.4, -0.2) is 6.54 Å². The van der Waals surface area contributed by atoms with Gasteiger partial charge in [0.15, 0.2) is 0 Å². The third kappa shape index (κ3) is 3.42. The van der Waals surface area contributed by atoms with E-state index in [1.165, 1.54) is 0 Å². The van der Waals surface area contributed by atoms with Crippen molar-refractivity contribution in [3.8, 4) is 0 Å². The second-order valence-corrected chi connectivity index (χ2v) is 4.98.